The molecule has 0 radical (unpaired) electrons. The van der Waals surface area contributed by atoms with E-state index < -0.39 is 10.1 Å². The van der Waals surface area contributed by atoms with Crippen molar-refractivity contribution in [1.82, 2.24) is 0 Å². The summed E-state index contributed by atoms with van der Waals surface area (Å²) in [4.78, 5) is 0.238. The SMILES string of the molecule is CCCCCCCCCCCCOS(=O)(=O)c1ccccc1.[Ti].[Ti]. The fourth-order valence-electron chi connectivity index (χ4n) is 2.41. The Morgan fingerprint density at radius 1 is 0.750 bits per heavy atom. The number of hydrogen-bond donors (Lipinski definition) is 0. The van der Waals surface area contributed by atoms with Crippen LogP contribution in [0.25, 0.3) is 0 Å². The third kappa shape index (κ3) is 12.9. The van der Waals surface area contributed by atoms with Crippen LogP contribution in [0.15, 0.2) is 35.2 Å². The molecule has 0 saturated heterocycles. The fraction of sp³-hybridized carbons (Fsp3) is 0.667. The first kappa shape index (κ1) is 26.8. The number of hydrogen-bond acceptors (Lipinski definition) is 3. The maximum absolute atomic E-state index is 11.9. The molecule has 0 saturated carbocycles. The van der Waals surface area contributed by atoms with Gasteiger partial charge in [0.1, 0.15) is 0 Å². The second-order valence-electron chi connectivity index (χ2n) is 5.77. The first-order valence-corrected chi connectivity index (χ1v) is 10.0. The van der Waals surface area contributed by atoms with Gasteiger partial charge in [-0.25, -0.2) is 0 Å². The monoisotopic (exact) mass is 422 g/mol. The molecule has 134 valence electrons. The van der Waals surface area contributed by atoms with Crippen LogP contribution in [0.2, 0.25) is 0 Å². The van der Waals surface area contributed by atoms with E-state index in [9.17, 15) is 8.42 Å². The van der Waals surface area contributed by atoms with Crippen LogP contribution < -0.4 is 0 Å². The average molecular weight is 422 g/mol. The molecule has 1 aromatic rings. The van der Waals surface area contributed by atoms with E-state index in [-0.39, 0.29) is 54.9 Å². The maximum Gasteiger partial charge on any atom is 0.296 e. The van der Waals surface area contributed by atoms with Crippen molar-refractivity contribution in [2.24, 2.45) is 0 Å². The van der Waals surface area contributed by atoms with Crippen molar-refractivity contribution in [2.75, 3.05) is 6.61 Å². The third-order valence-electron chi connectivity index (χ3n) is 3.77. The standard InChI is InChI=1S/C18H30O3S.2Ti/c1-2-3-4-5-6-7-8-9-10-14-17-21-22(19,20)18-15-12-11-13-16-18;;/h11-13,15-16H,2-10,14,17H2,1H3;;. The van der Waals surface area contributed by atoms with Crippen LogP contribution in [-0.2, 0) is 57.7 Å². The van der Waals surface area contributed by atoms with E-state index in [1.54, 1.807) is 30.3 Å². The molecular weight excluding hydrogens is 392 g/mol. The van der Waals surface area contributed by atoms with Crippen molar-refractivity contribution in [1.29, 1.82) is 0 Å². The third-order valence-corrected chi connectivity index (χ3v) is 5.09. The van der Waals surface area contributed by atoms with Crippen LogP contribution in [0.3, 0.4) is 0 Å². The average Bonchev–Trinajstić information content (AvgIpc) is 2.53. The summed E-state index contributed by atoms with van der Waals surface area (Å²) in [6, 6.07) is 8.33. The van der Waals surface area contributed by atoms with E-state index in [1.165, 1.54) is 51.4 Å². The first-order valence-electron chi connectivity index (χ1n) is 8.61. The Balaban J connectivity index is 0. The van der Waals surface area contributed by atoms with Gasteiger partial charge in [0.2, 0.25) is 0 Å². The van der Waals surface area contributed by atoms with Crippen molar-refractivity contribution < 1.29 is 56.0 Å². The quantitative estimate of drug-likeness (QED) is 0.246. The summed E-state index contributed by atoms with van der Waals surface area (Å²) >= 11 is 0. The van der Waals surface area contributed by atoms with Crippen LogP contribution in [-0.4, -0.2) is 15.0 Å². The Morgan fingerprint density at radius 3 is 1.71 bits per heavy atom. The number of benzene rings is 1. The van der Waals surface area contributed by atoms with Gasteiger partial charge in [-0.15, -0.1) is 0 Å². The molecule has 0 atom stereocenters. The topological polar surface area (TPSA) is 43.4 Å². The summed E-state index contributed by atoms with van der Waals surface area (Å²) in [5.41, 5.74) is 0. The molecule has 0 aliphatic rings. The molecule has 0 fully saturated rings. The Hall–Kier alpha value is 0.559. The Labute approximate surface area is 178 Å². The van der Waals surface area contributed by atoms with E-state index >= 15 is 0 Å². The molecule has 0 bridgehead atoms. The summed E-state index contributed by atoms with van der Waals surface area (Å²) in [6.07, 6.45) is 12.3. The Kier molecular flexibility index (Phi) is 19.0. The molecule has 6 heteroatoms. The maximum atomic E-state index is 11.9. The molecule has 3 nitrogen and oxygen atoms in total. The predicted molar refractivity (Wildman–Crippen MR) is 91.4 cm³/mol. The summed E-state index contributed by atoms with van der Waals surface area (Å²) in [7, 11) is -3.57. The fourth-order valence-corrected chi connectivity index (χ4v) is 3.38. The van der Waals surface area contributed by atoms with Gasteiger partial charge < -0.3 is 0 Å². The number of rotatable bonds is 13. The zero-order chi connectivity index (χ0) is 16.1. The van der Waals surface area contributed by atoms with Crippen molar-refractivity contribution in [3.05, 3.63) is 30.3 Å². The van der Waals surface area contributed by atoms with E-state index in [2.05, 4.69) is 6.92 Å². The van der Waals surface area contributed by atoms with Gasteiger partial charge in [0.25, 0.3) is 10.1 Å². The summed E-state index contributed by atoms with van der Waals surface area (Å²) < 4.78 is 28.8. The van der Waals surface area contributed by atoms with Crippen molar-refractivity contribution in [3.63, 3.8) is 0 Å². The molecule has 0 amide bonds. The van der Waals surface area contributed by atoms with Gasteiger partial charge in [-0.3, -0.25) is 4.18 Å². The van der Waals surface area contributed by atoms with Gasteiger partial charge >= 0.3 is 0 Å². The minimum absolute atomic E-state index is 0. The molecule has 0 aromatic heterocycles. The molecule has 0 unspecified atom stereocenters. The van der Waals surface area contributed by atoms with E-state index in [4.69, 9.17) is 4.18 Å². The van der Waals surface area contributed by atoms with Crippen LogP contribution in [0, 0.1) is 0 Å². The smallest absolute Gasteiger partial charge is 0.266 e. The first-order chi connectivity index (χ1) is 10.7. The van der Waals surface area contributed by atoms with Gasteiger partial charge in [0, 0.05) is 43.4 Å². The van der Waals surface area contributed by atoms with Crippen LogP contribution in [0.1, 0.15) is 71.1 Å². The molecule has 0 heterocycles. The minimum Gasteiger partial charge on any atom is -0.266 e. The second kappa shape index (κ2) is 17.0. The summed E-state index contributed by atoms with van der Waals surface area (Å²) in [5.74, 6) is 0. The van der Waals surface area contributed by atoms with Gasteiger partial charge in [0.15, 0.2) is 0 Å². The number of unbranched alkanes of at least 4 members (excludes halogenated alkanes) is 9. The van der Waals surface area contributed by atoms with Gasteiger partial charge in [-0.05, 0) is 18.6 Å². The summed E-state index contributed by atoms with van der Waals surface area (Å²) in [6.45, 7) is 2.52. The molecule has 0 aliphatic carbocycles. The van der Waals surface area contributed by atoms with E-state index in [1.807, 2.05) is 0 Å². The van der Waals surface area contributed by atoms with Crippen molar-refractivity contribution in [2.45, 2.75) is 76.0 Å². The summed E-state index contributed by atoms with van der Waals surface area (Å²) in [5, 5.41) is 0. The Bertz CT molecular complexity index is 478. The van der Waals surface area contributed by atoms with E-state index in [0.29, 0.717) is 0 Å². The minimum atomic E-state index is -3.57. The van der Waals surface area contributed by atoms with Crippen molar-refractivity contribution in [3.8, 4) is 0 Å². The zero-order valence-corrected chi connectivity index (χ0v) is 18.7. The van der Waals surface area contributed by atoms with Gasteiger partial charge in [0.05, 0.1) is 11.5 Å². The van der Waals surface area contributed by atoms with E-state index in [0.717, 1.165) is 12.8 Å². The largest absolute Gasteiger partial charge is 0.296 e. The molecule has 0 aliphatic heterocycles. The molecule has 1 aromatic carbocycles. The van der Waals surface area contributed by atoms with Crippen LogP contribution in [0.4, 0.5) is 0 Å². The normalized spacial score (nSPS) is 10.7. The molecule has 0 N–H and O–H groups in total. The van der Waals surface area contributed by atoms with Gasteiger partial charge in [-0.2, -0.15) is 8.42 Å². The molecule has 0 spiro atoms. The van der Waals surface area contributed by atoms with Crippen LogP contribution >= 0.6 is 0 Å². The van der Waals surface area contributed by atoms with Gasteiger partial charge in [-0.1, -0.05) is 82.9 Å². The molecular formula is C18H30O3STi2. The Morgan fingerprint density at radius 2 is 1.21 bits per heavy atom. The van der Waals surface area contributed by atoms with Crippen LogP contribution in [0.5, 0.6) is 0 Å². The molecule has 1 rings (SSSR count). The predicted octanol–water partition coefficient (Wildman–Crippen LogP) is 5.31. The second-order valence-corrected chi connectivity index (χ2v) is 7.39. The van der Waals surface area contributed by atoms with Crippen molar-refractivity contribution >= 4 is 10.1 Å². The zero-order valence-electron chi connectivity index (χ0n) is 14.8. The molecule has 24 heavy (non-hydrogen) atoms.